The third kappa shape index (κ3) is 4.90. The van der Waals surface area contributed by atoms with Crippen molar-refractivity contribution in [3.05, 3.63) is 51.2 Å². The largest absolute Gasteiger partial charge is 0.463 e. The summed E-state index contributed by atoms with van der Waals surface area (Å²) in [5, 5.41) is 16.4. The summed E-state index contributed by atoms with van der Waals surface area (Å²) >= 11 is 0. The summed E-state index contributed by atoms with van der Waals surface area (Å²) < 4.78 is 5.24. The van der Waals surface area contributed by atoms with Crippen molar-refractivity contribution in [3.63, 3.8) is 0 Å². The zero-order chi connectivity index (χ0) is 21.0. The number of nitrogens with zero attached hydrogens (tertiary/aromatic N) is 3. The van der Waals surface area contributed by atoms with Crippen molar-refractivity contribution in [2.45, 2.75) is 13.0 Å². The molecule has 3 rings (SSSR count). The Labute approximate surface area is 168 Å². The molecule has 1 saturated heterocycles. The monoisotopic (exact) mass is 403 g/mol. The summed E-state index contributed by atoms with van der Waals surface area (Å²) in [7, 11) is 2.05. The number of esters is 1. The van der Waals surface area contributed by atoms with Crippen LogP contribution in [0.15, 0.2) is 35.5 Å². The van der Waals surface area contributed by atoms with Crippen LogP contribution in [0.3, 0.4) is 0 Å². The molecule has 1 atom stereocenters. The van der Waals surface area contributed by atoms with Crippen LogP contribution in [-0.4, -0.2) is 73.1 Å². The molecule has 1 aromatic carbocycles. The maximum atomic E-state index is 12.8. The second-order valence-electron chi connectivity index (χ2n) is 7.07. The van der Waals surface area contributed by atoms with E-state index in [-0.39, 0.29) is 12.3 Å². The second kappa shape index (κ2) is 9.01. The van der Waals surface area contributed by atoms with Crippen molar-refractivity contribution in [1.82, 2.24) is 20.4 Å². The SMILES string of the molecule is CCOC(=O)C1=C(CN2CCN(C)CC2)NC(=O)N[C@@H]1c1ccc([N+](=O)[O-])cc1. The molecule has 156 valence electrons. The van der Waals surface area contributed by atoms with Gasteiger partial charge >= 0.3 is 12.0 Å². The number of hydrogen-bond acceptors (Lipinski definition) is 7. The number of amides is 2. The van der Waals surface area contributed by atoms with Crippen molar-refractivity contribution in [2.75, 3.05) is 46.4 Å². The van der Waals surface area contributed by atoms with Crippen molar-refractivity contribution >= 4 is 17.7 Å². The summed E-state index contributed by atoms with van der Waals surface area (Å²) in [6, 6.07) is 4.62. The number of nitro groups is 1. The molecule has 0 spiro atoms. The first-order valence-corrected chi connectivity index (χ1v) is 9.52. The Hall–Kier alpha value is -2.98. The van der Waals surface area contributed by atoms with Crippen LogP contribution in [0.5, 0.6) is 0 Å². The van der Waals surface area contributed by atoms with Crippen LogP contribution in [0.25, 0.3) is 0 Å². The summed E-state index contributed by atoms with van der Waals surface area (Å²) in [5.41, 5.74) is 1.33. The lowest BCUT2D eigenvalue weighted by atomic mass is 9.94. The highest BCUT2D eigenvalue weighted by Crippen LogP contribution is 2.29. The van der Waals surface area contributed by atoms with E-state index in [1.807, 2.05) is 0 Å². The van der Waals surface area contributed by atoms with Gasteiger partial charge in [0.25, 0.3) is 5.69 Å². The number of nitrogens with one attached hydrogen (secondary N) is 2. The molecule has 2 aliphatic rings. The molecule has 0 unspecified atom stereocenters. The molecule has 0 bridgehead atoms. The van der Waals surface area contributed by atoms with Crippen molar-refractivity contribution < 1.29 is 19.2 Å². The molecule has 0 aromatic heterocycles. The van der Waals surface area contributed by atoms with Crippen molar-refractivity contribution in [2.24, 2.45) is 0 Å². The molecule has 0 aliphatic carbocycles. The summed E-state index contributed by atoms with van der Waals surface area (Å²) in [5.74, 6) is -0.521. The highest BCUT2D eigenvalue weighted by atomic mass is 16.6. The number of rotatable bonds is 6. The van der Waals surface area contributed by atoms with Gasteiger partial charge in [0, 0.05) is 50.6 Å². The zero-order valence-corrected chi connectivity index (χ0v) is 16.5. The van der Waals surface area contributed by atoms with Gasteiger partial charge in [-0.1, -0.05) is 0 Å². The molecule has 2 amide bonds. The van der Waals surface area contributed by atoms with Gasteiger partial charge in [0.15, 0.2) is 0 Å². The van der Waals surface area contributed by atoms with Crippen LogP contribution in [0.4, 0.5) is 10.5 Å². The maximum Gasteiger partial charge on any atom is 0.338 e. The Bertz CT molecular complexity index is 815. The molecule has 0 saturated carbocycles. The minimum absolute atomic E-state index is 0.0617. The molecule has 1 fully saturated rings. The number of benzene rings is 1. The van der Waals surface area contributed by atoms with E-state index in [9.17, 15) is 19.7 Å². The lowest BCUT2D eigenvalue weighted by Gasteiger charge is -2.35. The van der Waals surface area contributed by atoms with E-state index in [4.69, 9.17) is 4.74 Å². The Balaban J connectivity index is 1.95. The summed E-state index contributed by atoms with van der Waals surface area (Å²) in [6.45, 7) is 5.78. The molecular formula is C19H25N5O5. The van der Waals surface area contributed by atoms with Gasteiger partial charge in [-0.3, -0.25) is 15.0 Å². The van der Waals surface area contributed by atoms with Crippen LogP contribution >= 0.6 is 0 Å². The average Bonchev–Trinajstić information content (AvgIpc) is 2.69. The van der Waals surface area contributed by atoms with Gasteiger partial charge in [0.2, 0.25) is 0 Å². The van der Waals surface area contributed by atoms with E-state index in [1.54, 1.807) is 19.1 Å². The second-order valence-corrected chi connectivity index (χ2v) is 7.07. The van der Waals surface area contributed by atoms with Crippen LogP contribution < -0.4 is 10.6 Å². The molecular weight excluding hydrogens is 378 g/mol. The third-order valence-electron chi connectivity index (χ3n) is 5.06. The molecule has 0 radical (unpaired) electrons. The van der Waals surface area contributed by atoms with Gasteiger partial charge in [0.05, 0.1) is 23.1 Å². The van der Waals surface area contributed by atoms with Gasteiger partial charge < -0.3 is 20.3 Å². The fourth-order valence-electron chi connectivity index (χ4n) is 3.46. The number of ether oxygens (including phenoxy) is 1. The van der Waals surface area contributed by atoms with Gasteiger partial charge in [-0.25, -0.2) is 9.59 Å². The quantitative estimate of drug-likeness (QED) is 0.414. The number of carbonyl (C=O) groups excluding carboxylic acids is 2. The van der Waals surface area contributed by atoms with Crippen LogP contribution in [0.1, 0.15) is 18.5 Å². The van der Waals surface area contributed by atoms with E-state index in [2.05, 4.69) is 27.5 Å². The number of carbonyl (C=O) groups is 2. The molecule has 10 nitrogen and oxygen atoms in total. The van der Waals surface area contributed by atoms with Gasteiger partial charge in [-0.15, -0.1) is 0 Å². The Morgan fingerprint density at radius 3 is 2.48 bits per heavy atom. The van der Waals surface area contributed by atoms with E-state index < -0.39 is 23.0 Å². The van der Waals surface area contributed by atoms with Crippen LogP contribution in [0, 0.1) is 10.1 Å². The number of nitro benzene ring substituents is 1. The zero-order valence-electron chi connectivity index (χ0n) is 16.5. The van der Waals surface area contributed by atoms with E-state index in [0.29, 0.717) is 23.4 Å². The van der Waals surface area contributed by atoms with Crippen molar-refractivity contribution in [1.29, 1.82) is 0 Å². The highest BCUT2D eigenvalue weighted by molar-refractivity contribution is 5.95. The lowest BCUT2D eigenvalue weighted by Crippen LogP contribution is -2.51. The average molecular weight is 403 g/mol. The molecule has 2 N–H and O–H groups in total. The summed E-state index contributed by atoms with van der Waals surface area (Å²) in [6.07, 6.45) is 0. The predicted octanol–water partition coefficient (Wildman–Crippen LogP) is 1.01. The number of hydrogen-bond donors (Lipinski definition) is 2. The van der Waals surface area contributed by atoms with Crippen molar-refractivity contribution in [3.8, 4) is 0 Å². The molecule has 10 heteroatoms. The Morgan fingerprint density at radius 1 is 1.24 bits per heavy atom. The van der Waals surface area contributed by atoms with Gasteiger partial charge in [-0.2, -0.15) is 0 Å². The lowest BCUT2D eigenvalue weighted by molar-refractivity contribution is -0.384. The standard InChI is InChI=1S/C19H25N5O5/c1-3-29-18(25)16-15(12-23-10-8-22(2)9-11-23)20-19(26)21-17(16)13-4-6-14(7-5-13)24(27)28/h4-7,17H,3,8-12H2,1-2H3,(H2,20,21,26)/t17-/m1/s1. The minimum Gasteiger partial charge on any atom is -0.463 e. The normalized spacial score (nSPS) is 20.8. The fourth-order valence-corrected chi connectivity index (χ4v) is 3.46. The Morgan fingerprint density at radius 2 is 1.90 bits per heavy atom. The highest BCUT2D eigenvalue weighted by Gasteiger charge is 2.34. The first-order chi connectivity index (χ1) is 13.9. The molecule has 1 aromatic rings. The fraction of sp³-hybridized carbons (Fsp3) is 0.474. The van der Waals surface area contributed by atoms with E-state index >= 15 is 0 Å². The van der Waals surface area contributed by atoms with E-state index in [1.165, 1.54) is 12.1 Å². The Kier molecular flexibility index (Phi) is 6.45. The number of piperazine rings is 1. The maximum absolute atomic E-state index is 12.8. The number of non-ortho nitro benzene ring substituents is 1. The summed E-state index contributed by atoms with van der Waals surface area (Å²) in [4.78, 5) is 39.9. The first kappa shape index (κ1) is 20.7. The molecule has 2 heterocycles. The van der Waals surface area contributed by atoms with Crippen LogP contribution in [0.2, 0.25) is 0 Å². The van der Waals surface area contributed by atoms with Crippen LogP contribution in [-0.2, 0) is 9.53 Å². The molecule has 2 aliphatic heterocycles. The third-order valence-corrected chi connectivity index (χ3v) is 5.06. The van der Waals surface area contributed by atoms with Gasteiger partial charge in [0.1, 0.15) is 0 Å². The van der Waals surface area contributed by atoms with E-state index in [0.717, 1.165) is 26.2 Å². The predicted molar refractivity (Wildman–Crippen MR) is 105 cm³/mol. The number of likely N-dealkylation sites (N-methyl/N-ethyl adjacent to an activating group) is 1. The molecule has 29 heavy (non-hydrogen) atoms. The van der Waals surface area contributed by atoms with Gasteiger partial charge in [-0.05, 0) is 31.7 Å². The smallest absolute Gasteiger partial charge is 0.338 e. The number of urea groups is 1. The first-order valence-electron chi connectivity index (χ1n) is 9.52. The minimum atomic E-state index is -0.744. The topological polar surface area (TPSA) is 117 Å².